The zero-order chi connectivity index (χ0) is 10.1. The Hall–Kier alpha value is -1.73. The van der Waals surface area contributed by atoms with Crippen LogP contribution in [0.15, 0.2) is 17.5 Å². The van der Waals surface area contributed by atoms with Crippen LogP contribution in [0.2, 0.25) is 0 Å². The van der Waals surface area contributed by atoms with Crippen molar-refractivity contribution < 1.29 is 5.11 Å². The average molecular weight is 204 g/mol. The number of nitriles is 1. The molecule has 0 amide bonds. The molecule has 0 radical (unpaired) electrons. The van der Waals surface area contributed by atoms with Gasteiger partial charge < -0.3 is 10.8 Å². The summed E-state index contributed by atoms with van der Waals surface area (Å²) in [6, 6.07) is 5.44. The second-order valence-corrected chi connectivity index (χ2v) is 3.91. The average Bonchev–Trinajstić information content (AvgIpc) is 2.49. The molecule has 3 nitrogen and oxygen atoms in total. The van der Waals surface area contributed by atoms with Crippen molar-refractivity contribution in [2.24, 2.45) is 0 Å². The fourth-order valence-corrected chi connectivity index (χ4v) is 2.22. The van der Waals surface area contributed by atoms with Gasteiger partial charge in [-0.2, -0.15) is 5.26 Å². The molecular weight excluding hydrogens is 196 g/mol. The van der Waals surface area contributed by atoms with Crippen molar-refractivity contribution >= 4 is 27.1 Å². The van der Waals surface area contributed by atoms with Gasteiger partial charge in [0.15, 0.2) is 0 Å². The van der Waals surface area contributed by atoms with Gasteiger partial charge in [-0.3, -0.25) is 0 Å². The van der Waals surface area contributed by atoms with Crippen molar-refractivity contribution in [1.82, 2.24) is 0 Å². The lowest BCUT2D eigenvalue weighted by atomic mass is 10.1. The minimum atomic E-state index is 0.168. The van der Waals surface area contributed by atoms with Crippen LogP contribution in [-0.4, -0.2) is 5.11 Å². The summed E-state index contributed by atoms with van der Waals surface area (Å²) in [6.45, 7) is 0. The monoisotopic (exact) mass is 204 g/mol. The molecule has 1 heterocycles. The molecule has 4 heteroatoms. The topological polar surface area (TPSA) is 70.0 Å². The molecule has 2 rings (SSSR count). The van der Waals surface area contributed by atoms with Crippen LogP contribution in [0.25, 0.3) is 10.1 Å². The number of thiophene rings is 1. The number of fused-ring (bicyclic) bond motifs is 1. The number of hydrogen-bond acceptors (Lipinski definition) is 4. The quantitative estimate of drug-likeness (QED) is 0.748. The van der Waals surface area contributed by atoms with Crippen LogP contribution in [0.1, 0.15) is 5.56 Å². The van der Waals surface area contributed by atoms with E-state index in [0.29, 0.717) is 11.3 Å². The lowest BCUT2D eigenvalue weighted by Gasteiger charge is -2.00. The molecule has 3 N–H and O–H groups in total. The zero-order valence-electron chi connectivity index (χ0n) is 7.32. The largest absolute Gasteiger partial charge is 0.508 e. The summed E-state index contributed by atoms with van der Waals surface area (Å²) in [5.41, 5.74) is 7.07. The van der Waals surface area contributed by atoms with Crippen molar-refractivity contribution in [3.63, 3.8) is 0 Å². The van der Waals surface area contributed by atoms with E-state index in [9.17, 15) is 5.11 Å². The maximum absolute atomic E-state index is 9.56. The molecule has 0 unspecified atom stereocenters. The minimum absolute atomic E-state index is 0.168. The molecule has 0 saturated carbocycles. The van der Waals surface area contributed by atoms with Gasteiger partial charge in [-0.15, -0.1) is 11.3 Å². The predicted molar refractivity (Wildman–Crippen MR) is 57.2 cm³/mol. The number of aromatic hydroxyl groups is 1. The molecule has 0 aliphatic heterocycles. The Morgan fingerprint density at radius 1 is 1.50 bits per heavy atom. The van der Waals surface area contributed by atoms with Crippen molar-refractivity contribution in [3.8, 4) is 11.8 Å². The van der Waals surface area contributed by atoms with E-state index in [4.69, 9.17) is 11.0 Å². The third-order valence-electron chi connectivity index (χ3n) is 2.07. The summed E-state index contributed by atoms with van der Waals surface area (Å²) in [5.74, 6) is 0.168. The summed E-state index contributed by atoms with van der Waals surface area (Å²) in [4.78, 5) is 0. The van der Waals surface area contributed by atoms with Crippen LogP contribution in [0.4, 0.5) is 5.69 Å². The van der Waals surface area contributed by atoms with Crippen LogP contribution in [-0.2, 0) is 6.42 Å². The highest BCUT2D eigenvalue weighted by atomic mass is 32.1. The first-order valence-electron chi connectivity index (χ1n) is 4.08. The molecule has 2 aromatic rings. The Kier molecular flexibility index (Phi) is 2.02. The first-order chi connectivity index (χ1) is 6.72. The summed E-state index contributed by atoms with van der Waals surface area (Å²) in [5, 5.41) is 20.9. The number of nitrogen functional groups attached to an aromatic ring is 1. The third-order valence-corrected chi connectivity index (χ3v) is 3.04. The van der Waals surface area contributed by atoms with E-state index < -0.39 is 0 Å². The van der Waals surface area contributed by atoms with Crippen LogP contribution < -0.4 is 5.73 Å². The van der Waals surface area contributed by atoms with E-state index in [-0.39, 0.29) is 12.2 Å². The summed E-state index contributed by atoms with van der Waals surface area (Å²) in [7, 11) is 0. The van der Waals surface area contributed by atoms with Gasteiger partial charge in [0.25, 0.3) is 0 Å². The highest BCUT2D eigenvalue weighted by Gasteiger charge is 2.06. The second kappa shape index (κ2) is 3.20. The smallest absolute Gasteiger partial charge is 0.121 e. The summed E-state index contributed by atoms with van der Waals surface area (Å²) >= 11 is 1.49. The van der Waals surface area contributed by atoms with Gasteiger partial charge in [0.1, 0.15) is 5.75 Å². The number of nitrogens with zero attached hydrogens (tertiary/aromatic N) is 1. The second-order valence-electron chi connectivity index (χ2n) is 3.00. The predicted octanol–water partition coefficient (Wildman–Crippen LogP) is 2.26. The van der Waals surface area contributed by atoms with Gasteiger partial charge in [0.05, 0.1) is 18.2 Å². The van der Waals surface area contributed by atoms with Gasteiger partial charge in [-0.25, -0.2) is 0 Å². The van der Waals surface area contributed by atoms with Crippen LogP contribution in [0.5, 0.6) is 5.75 Å². The van der Waals surface area contributed by atoms with E-state index >= 15 is 0 Å². The van der Waals surface area contributed by atoms with E-state index in [1.54, 1.807) is 12.1 Å². The lowest BCUT2D eigenvalue weighted by Crippen LogP contribution is -1.85. The van der Waals surface area contributed by atoms with Crippen molar-refractivity contribution in [1.29, 1.82) is 5.26 Å². The number of phenols is 1. The molecule has 0 spiro atoms. The van der Waals surface area contributed by atoms with E-state index in [1.165, 1.54) is 11.3 Å². The molecule has 0 aliphatic rings. The first-order valence-corrected chi connectivity index (χ1v) is 4.96. The van der Waals surface area contributed by atoms with Gasteiger partial charge in [-0.1, -0.05) is 0 Å². The Morgan fingerprint density at radius 2 is 2.29 bits per heavy atom. The summed E-state index contributed by atoms with van der Waals surface area (Å²) in [6.07, 6.45) is 0.205. The number of rotatable bonds is 1. The SMILES string of the molecule is N#CCc1cc2c(N)csc2cc1O. The number of benzene rings is 1. The molecule has 1 aromatic heterocycles. The Labute approximate surface area is 85.0 Å². The first kappa shape index (κ1) is 8.85. The van der Waals surface area contributed by atoms with E-state index in [1.807, 2.05) is 11.4 Å². The van der Waals surface area contributed by atoms with Crippen molar-refractivity contribution in [2.75, 3.05) is 5.73 Å². The standard InChI is InChI=1S/C10H8N2OS/c11-2-1-6-3-7-8(12)5-14-10(7)4-9(6)13/h3-5,13H,1,12H2. The van der Waals surface area contributed by atoms with Crippen LogP contribution in [0, 0.1) is 11.3 Å². The maximum Gasteiger partial charge on any atom is 0.121 e. The van der Waals surface area contributed by atoms with E-state index in [2.05, 4.69) is 0 Å². The highest BCUT2D eigenvalue weighted by molar-refractivity contribution is 7.17. The normalized spacial score (nSPS) is 10.2. The molecule has 0 atom stereocenters. The van der Waals surface area contributed by atoms with Crippen molar-refractivity contribution in [3.05, 3.63) is 23.1 Å². The van der Waals surface area contributed by atoms with Crippen molar-refractivity contribution in [2.45, 2.75) is 6.42 Å². The molecule has 14 heavy (non-hydrogen) atoms. The molecule has 0 aliphatic carbocycles. The lowest BCUT2D eigenvalue weighted by molar-refractivity contribution is 0.471. The van der Waals surface area contributed by atoms with Gasteiger partial charge in [-0.05, 0) is 12.1 Å². The van der Waals surface area contributed by atoms with Gasteiger partial charge in [0.2, 0.25) is 0 Å². The molecule has 1 aromatic carbocycles. The Bertz CT molecular complexity index is 525. The Balaban J connectivity index is 2.69. The molecule has 0 bridgehead atoms. The maximum atomic E-state index is 9.56. The molecule has 0 fully saturated rings. The highest BCUT2D eigenvalue weighted by Crippen LogP contribution is 2.33. The minimum Gasteiger partial charge on any atom is -0.508 e. The molecule has 70 valence electrons. The van der Waals surface area contributed by atoms with E-state index in [0.717, 1.165) is 10.1 Å². The Morgan fingerprint density at radius 3 is 3.00 bits per heavy atom. The van der Waals surface area contributed by atoms with Gasteiger partial charge >= 0.3 is 0 Å². The number of anilines is 1. The van der Waals surface area contributed by atoms with Crippen LogP contribution >= 0.6 is 11.3 Å². The zero-order valence-corrected chi connectivity index (χ0v) is 8.14. The number of nitrogens with two attached hydrogens (primary N) is 1. The number of phenolic OH excluding ortho intramolecular Hbond substituents is 1. The molecular formula is C10H8N2OS. The third kappa shape index (κ3) is 1.28. The number of hydrogen-bond donors (Lipinski definition) is 2. The summed E-state index contributed by atoms with van der Waals surface area (Å²) < 4.78 is 0.946. The molecule has 0 saturated heterocycles. The fourth-order valence-electron chi connectivity index (χ4n) is 1.35. The van der Waals surface area contributed by atoms with Gasteiger partial charge in [0, 0.05) is 21.0 Å². The van der Waals surface area contributed by atoms with Crippen LogP contribution in [0.3, 0.4) is 0 Å². The fraction of sp³-hybridized carbons (Fsp3) is 0.100.